The minimum absolute atomic E-state index is 0.00118. The summed E-state index contributed by atoms with van der Waals surface area (Å²) in [6.07, 6.45) is 2.60. The van der Waals surface area contributed by atoms with Gasteiger partial charge in [-0.15, -0.1) is 0 Å². The number of amides is 2. The number of nitrogens with zero attached hydrogens (tertiary/aromatic N) is 1. The van der Waals surface area contributed by atoms with Gasteiger partial charge in [0, 0.05) is 24.9 Å². The first-order chi connectivity index (χ1) is 17.0. The molecule has 2 aromatic carbocycles. The first-order valence-electron chi connectivity index (χ1n) is 12.6. The zero-order valence-corrected chi connectivity index (χ0v) is 20.0. The molecule has 1 saturated carbocycles. The number of ether oxygens (including phenoxy) is 1. The number of hydrogen-bond acceptors (Lipinski definition) is 4. The lowest BCUT2D eigenvalue weighted by Gasteiger charge is -2.35. The third kappa shape index (κ3) is 4.17. The van der Waals surface area contributed by atoms with Gasteiger partial charge in [0.1, 0.15) is 12.1 Å². The number of rotatable bonds is 8. The van der Waals surface area contributed by atoms with Crippen LogP contribution in [-0.2, 0) is 14.3 Å². The Kier molecular flexibility index (Phi) is 6.26. The van der Waals surface area contributed by atoms with Gasteiger partial charge in [-0.3, -0.25) is 4.79 Å². The third-order valence-corrected chi connectivity index (χ3v) is 7.91. The Labute approximate surface area is 205 Å². The van der Waals surface area contributed by atoms with Gasteiger partial charge in [-0.25, -0.2) is 9.59 Å². The van der Waals surface area contributed by atoms with E-state index in [9.17, 15) is 19.5 Å². The average molecular weight is 477 g/mol. The molecule has 1 saturated heterocycles. The zero-order chi connectivity index (χ0) is 24.6. The molecule has 1 aliphatic heterocycles. The average Bonchev–Trinajstić information content (AvgIpc) is 3.40. The van der Waals surface area contributed by atoms with Gasteiger partial charge in [0.15, 0.2) is 0 Å². The minimum atomic E-state index is -1.07. The summed E-state index contributed by atoms with van der Waals surface area (Å²) in [5.41, 5.74) is 3.61. The standard InChI is InChI=1S/C28H32N2O5/c1-2-12-28(26(32)33)13-7-14-30(28)25(31)23-15-18(23)16-29-27(34)35-17-24-21-10-5-3-8-19(21)20-9-4-6-11-22(20)24/h3-6,8-11,18,23-24H,2,7,12-17H2,1H3,(H,29,34)(H,32,33)/t18-,23-,28?/m1/s1. The number of nitrogens with one attached hydrogen (secondary N) is 1. The molecule has 2 N–H and O–H groups in total. The van der Waals surface area contributed by atoms with Gasteiger partial charge in [-0.2, -0.15) is 0 Å². The fourth-order valence-electron chi connectivity index (χ4n) is 6.04. The van der Waals surface area contributed by atoms with Crippen molar-refractivity contribution in [2.75, 3.05) is 19.7 Å². The third-order valence-electron chi connectivity index (χ3n) is 7.91. The van der Waals surface area contributed by atoms with Crippen LogP contribution in [-0.4, -0.2) is 53.2 Å². The molecule has 2 fully saturated rings. The van der Waals surface area contributed by atoms with E-state index in [4.69, 9.17) is 4.74 Å². The van der Waals surface area contributed by atoms with Crippen molar-refractivity contribution in [1.82, 2.24) is 10.2 Å². The van der Waals surface area contributed by atoms with E-state index < -0.39 is 17.6 Å². The number of carbonyl (C=O) groups is 3. The summed E-state index contributed by atoms with van der Waals surface area (Å²) in [6.45, 7) is 3.05. The highest BCUT2D eigenvalue weighted by molar-refractivity contribution is 5.90. The molecule has 184 valence electrons. The summed E-state index contributed by atoms with van der Waals surface area (Å²) < 4.78 is 5.59. The largest absolute Gasteiger partial charge is 0.479 e. The Morgan fingerprint density at radius 3 is 2.37 bits per heavy atom. The molecule has 2 aromatic rings. The SMILES string of the molecule is CCCC1(C(=O)O)CCCN1C(=O)[C@@H]1C[C@@H]1CNC(=O)OCC1c2ccccc2-c2ccccc21. The van der Waals surface area contributed by atoms with E-state index in [0.717, 1.165) is 11.1 Å². The van der Waals surface area contributed by atoms with Crippen LogP contribution in [0.15, 0.2) is 48.5 Å². The molecule has 2 amide bonds. The Bertz CT molecular complexity index is 1100. The van der Waals surface area contributed by atoms with Crippen molar-refractivity contribution in [2.24, 2.45) is 11.8 Å². The lowest BCUT2D eigenvalue weighted by Crippen LogP contribution is -2.53. The Morgan fingerprint density at radius 1 is 1.09 bits per heavy atom. The summed E-state index contributed by atoms with van der Waals surface area (Å²) in [7, 11) is 0. The molecule has 0 bridgehead atoms. The van der Waals surface area contributed by atoms with Crippen LogP contribution in [0.4, 0.5) is 4.79 Å². The molecular weight excluding hydrogens is 444 g/mol. The number of hydrogen-bond donors (Lipinski definition) is 2. The van der Waals surface area contributed by atoms with Gasteiger partial charge in [0.05, 0.1) is 0 Å². The Balaban J connectivity index is 1.14. The monoisotopic (exact) mass is 476 g/mol. The second-order valence-corrected chi connectivity index (χ2v) is 9.99. The maximum Gasteiger partial charge on any atom is 0.407 e. The molecular formula is C28H32N2O5. The van der Waals surface area contributed by atoms with Crippen LogP contribution in [0, 0.1) is 11.8 Å². The topological polar surface area (TPSA) is 95.9 Å². The van der Waals surface area contributed by atoms with E-state index in [2.05, 4.69) is 29.6 Å². The number of carboxylic acid groups (broad SMARTS) is 1. The summed E-state index contributed by atoms with van der Waals surface area (Å²) in [5, 5.41) is 12.7. The van der Waals surface area contributed by atoms with Crippen LogP contribution >= 0.6 is 0 Å². The number of carboxylic acids is 1. The highest BCUT2D eigenvalue weighted by Crippen LogP contribution is 2.45. The van der Waals surface area contributed by atoms with Crippen LogP contribution < -0.4 is 5.32 Å². The highest BCUT2D eigenvalue weighted by atomic mass is 16.5. The lowest BCUT2D eigenvalue weighted by atomic mass is 9.90. The first kappa shape index (κ1) is 23.4. The molecule has 3 atom stereocenters. The molecule has 3 aliphatic rings. The molecule has 35 heavy (non-hydrogen) atoms. The lowest BCUT2D eigenvalue weighted by molar-refractivity contribution is -0.157. The number of carbonyl (C=O) groups excluding carboxylic acids is 2. The second kappa shape index (κ2) is 9.36. The van der Waals surface area contributed by atoms with Crippen molar-refractivity contribution in [1.29, 1.82) is 0 Å². The second-order valence-electron chi connectivity index (χ2n) is 9.99. The van der Waals surface area contributed by atoms with Crippen molar-refractivity contribution in [3.8, 4) is 11.1 Å². The predicted octanol–water partition coefficient (Wildman–Crippen LogP) is 4.41. The van der Waals surface area contributed by atoms with Crippen molar-refractivity contribution in [3.05, 3.63) is 59.7 Å². The molecule has 1 heterocycles. The Hall–Kier alpha value is -3.35. The number of fused-ring (bicyclic) bond motifs is 3. The van der Waals surface area contributed by atoms with E-state index in [-0.39, 0.29) is 30.3 Å². The molecule has 7 heteroatoms. The molecule has 0 spiro atoms. The molecule has 5 rings (SSSR count). The van der Waals surface area contributed by atoms with Crippen LogP contribution in [0.3, 0.4) is 0 Å². The summed E-state index contributed by atoms with van der Waals surface area (Å²) in [4.78, 5) is 39.2. The van der Waals surface area contributed by atoms with Gasteiger partial charge >= 0.3 is 12.1 Å². The molecule has 1 unspecified atom stereocenters. The number of alkyl carbamates (subject to hydrolysis) is 1. The van der Waals surface area contributed by atoms with Crippen LogP contribution in [0.1, 0.15) is 56.1 Å². The van der Waals surface area contributed by atoms with Crippen molar-refractivity contribution in [2.45, 2.75) is 50.5 Å². The summed E-state index contributed by atoms with van der Waals surface area (Å²) >= 11 is 0. The number of likely N-dealkylation sites (tertiary alicyclic amines) is 1. The number of benzene rings is 2. The van der Waals surface area contributed by atoms with Gasteiger partial charge in [-0.05, 0) is 53.9 Å². The smallest absolute Gasteiger partial charge is 0.407 e. The van der Waals surface area contributed by atoms with Crippen LogP contribution in [0.5, 0.6) is 0 Å². The van der Waals surface area contributed by atoms with Gasteiger partial charge in [0.2, 0.25) is 5.91 Å². The van der Waals surface area contributed by atoms with Gasteiger partial charge < -0.3 is 20.1 Å². The minimum Gasteiger partial charge on any atom is -0.479 e. The first-order valence-corrected chi connectivity index (χ1v) is 12.6. The van der Waals surface area contributed by atoms with Crippen LogP contribution in [0.25, 0.3) is 11.1 Å². The van der Waals surface area contributed by atoms with Crippen molar-refractivity contribution < 1.29 is 24.2 Å². The molecule has 7 nitrogen and oxygen atoms in total. The molecule has 2 aliphatic carbocycles. The fourth-order valence-corrected chi connectivity index (χ4v) is 6.04. The van der Waals surface area contributed by atoms with E-state index in [1.165, 1.54) is 11.1 Å². The molecule has 0 aromatic heterocycles. The Morgan fingerprint density at radius 2 is 1.74 bits per heavy atom. The van der Waals surface area contributed by atoms with E-state index >= 15 is 0 Å². The number of aliphatic carboxylic acids is 1. The normalized spacial score (nSPS) is 24.5. The maximum atomic E-state index is 13.1. The van der Waals surface area contributed by atoms with Gasteiger partial charge in [0.25, 0.3) is 0 Å². The van der Waals surface area contributed by atoms with Gasteiger partial charge in [-0.1, -0.05) is 61.9 Å². The van der Waals surface area contributed by atoms with Crippen molar-refractivity contribution >= 4 is 18.0 Å². The van der Waals surface area contributed by atoms with E-state index in [0.29, 0.717) is 45.2 Å². The predicted molar refractivity (Wildman–Crippen MR) is 131 cm³/mol. The van der Waals surface area contributed by atoms with Crippen LogP contribution in [0.2, 0.25) is 0 Å². The highest BCUT2D eigenvalue weighted by Gasteiger charge is 2.54. The fraction of sp³-hybridized carbons (Fsp3) is 0.464. The maximum absolute atomic E-state index is 13.1. The summed E-state index contributed by atoms with van der Waals surface area (Å²) in [5.74, 6) is -1.19. The zero-order valence-electron chi connectivity index (χ0n) is 20.0. The summed E-state index contributed by atoms with van der Waals surface area (Å²) in [6, 6.07) is 16.4. The van der Waals surface area contributed by atoms with Crippen molar-refractivity contribution in [3.63, 3.8) is 0 Å². The van der Waals surface area contributed by atoms with E-state index in [1.54, 1.807) is 4.90 Å². The van der Waals surface area contributed by atoms with E-state index in [1.807, 2.05) is 31.2 Å². The quantitative estimate of drug-likeness (QED) is 0.589. The molecule has 0 radical (unpaired) electrons.